The van der Waals surface area contributed by atoms with Gasteiger partial charge in [-0.05, 0) is 43.4 Å². The Balaban J connectivity index is 2.09. The molecule has 7 nitrogen and oxygen atoms in total. The van der Waals surface area contributed by atoms with Crippen LogP contribution in [0.3, 0.4) is 0 Å². The van der Waals surface area contributed by atoms with Crippen molar-refractivity contribution >= 4 is 22.8 Å². The SMILES string of the molecule is CCCCCCc1c(C)c2ccc(OCC(=O)N[C@@H](C(=O)O)C(C)C)cc2oc1=O. The predicted molar refractivity (Wildman–Crippen MR) is 115 cm³/mol. The molecular formula is C23H31NO6. The zero-order chi connectivity index (χ0) is 22.3. The third kappa shape index (κ3) is 6.08. The molecule has 2 N–H and O–H groups in total. The van der Waals surface area contributed by atoms with Crippen molar-refractivity contribution in [1.82, 2.24) is 5.32 Å². The first-order valence-electron chi connectivity index (χ1n) is 10.5. The van der Waals surface area contributed by atoms with Crippen molar-refractivity contribution in [2.24, 2.45) is 5.92 Å². The summed E-state index contributed by atoms with van der Waals surface area (Å²) in [6.07, 6.45) is 5.02. The Labute approximate surface area is 176 Å². The maximum absolute atomic E-state index is 12.4. The van der Waals surface area contributed by atoms with E-state index in [0.717, 1.165) is 36.6 Å². The average molecular weight is 418 g/mol. The number of carbonyl (C=O) groups is 2. The van der Waals surface area contributed by atoms with Crippen LogP contribution >= 0.6 is 0 Å². The number of hydrogen-bond acceptors (Lipinski definition) is 5. The van der Waals surface area contributed by atoms with Crippen molar-refractivity contribution in [3.8, 4) is 5.75 Å². The third-order valence-electron chi connectivity index (χ3n) is 5.16. The molecule has 0 saturated heterocycles. The van der Waals surface area contributed by atoms with Crippen LogP contribution in [0.1, 0.15) is 57.6 Å². The number of aryl methyl sites for hydroxylation is 1. The second-order valence-corrected chi connectivity index (χ2v) is 7.88. The minimum Gasteiger partial charge on any atom is -0.484 e. The Morgan fingerprint density at radius 2 is 1.93 bits per heavy atom. The molecule has 0 aliphatic carbocycles. The summed E-state index contributed by atoms with van der Waals surface area (Å²) >= 11 is 0. The fourth-order valence-electron chi connectivity index (χ4n) is 3.36. The first-order chi connectivity index (χ1) is 14.2. The maximum atomic E-state index is 12.4. The molecule has 0 fully saturated rings. The van der Waals surface area contributed by atoms with Gasteiger partial charge in [-0.3, -0.25) is 4.79 Å². The van der Waals surface area contributed by atoms with Crippen LogP contribution in [-0.4, -0.2) is 29.6 Å². The maximum Gasteiger partial charge on any atom is 0.339 e. The number of carboxylic acids is 1. The molecular weight excluding hydrogens is 386 g/mol. The lowest BCUT2D eigenvalue weighted by atomic mass is 10.0. The number of hydrogen-bond donors (Lipinski definition) is 2. The summed E-state index contributed by atoms with van der Waals surface area (Å²) in [4.78, 5) is 35.6. The van der Waals surface area contributed by atoms with Gasteiger partial charge in [0, 0.05) is 17.0 Å². The molecule has 0 radical (unpaired) electrons. The predicted octanol–water partition coefficient (Wildman–Crippen LogP) is 3.83. The van der Waals surface area contributed by atoms with Crippen LogP contribution in [-0.2, 0) is 16.0 Å². The van der Waals surface area contributed by atoms with Gasteiger partial charge in [0.15, 0.2) is 6.61 Å². The number of rotatable bonds is 11. The minimum absolute atomic E-state index is 0.250. The lowest BCUT2D eigenvalue weighted by molar-refractivity contribution is -0.143. The molecule has 1 amide bonds. The van der Waals surface area contributed by atoms with E-state index >= 15 is 0 Å². The quantitative estimate of drug-likeness (QED) is 0.425. The van der Waals surface area contributed by atoms with Gasteiger partial charge in [0.25, 0.3) is 5.91 Å². The van der Waals surface area contributed by atoms with Crippen LogP contribution < -0.4 is 15.7 Å². The normalized spacial score (nSPS) is 12.2. The summed E-state index contributed by atoms with van der Waals surface area (Å²) in [5.41, 5.74) is 1.68. The molecule has 30 heavy (non-hydrogen) atoms. The number of benzene rings is 1. The van der Waals surface area contributed by atoms with E-state index in [9.17, 15) is 14.4 Å². The molecule has 0 bridgehead atoms. The molecule has 1 aromatic carbocycles. The Bertz CT molecular complexity index is 947. The van der Waals surface area contributed by atoms with Gasteiger partial charge in [-0.2, -0.15) is 0 Å². The number of aliphatic carboxylic acids is 1. The first-order valence-corrected chi connectivity index (χ1v) is 10.5. The van der Waals surface area contributed by atoms with E-state index in [-0.39, 0.29) is 18.2 Å². The molecule has 164 valence electrons. The molecule has 1 aromatic heterocycles. The van der Waals surface area contributed by atoms with E-state index in [1.165, 1.54) is 0 Å². The molecule has 2 rings (SSSR count). The van der Waals surface area contributed by atoms with Crippen LogP contribution in [0.5, 0.6) is 5.75 Å². The lowest BCUT2D eigenvalue weighted by Gasteiger charge is -2.18. The summed E-state index contributed by atoms with van der Waals surface area (Å²) in [5.74, 6) is -1.50. The third-order valence-corrected chi connectivity index (χ3v) is 5.16. The molecule has 1 heterocycles. The molecule has 0 aliphatic heterocycles. The fourth-order valence-corrected chi connectivity index (χ4v) is 3.36. The van der Waals surface area contributed by atoms with Crippen molar-refractivity contribution < 1.29 is 23.8 Å². The molecule has 0 spiro atoms. The Hall–Kier alpha value is -2.83. The van der Waals surface area contributed by atoms with Gasteiger partial charge in [0.05, 0.1) is 0 Å². The highest BCUT2D eigenvalue weighted by atomic mass is 16.5. The highest BCUT2D eigenvalue weighted by Crippen LogP contribution is 2.25. The summed E-state index contributed by atoms with van der Waals surface area (Å²) < 4.78 is 11.0. The minimum atomic E-state index is -1.09. The summed E-state index contributed by atoms with van der Waals surface area (Å²) in [7, 11) is 0. The Morgan fingerprint density at radius 3 is 2.57 bits per heavy atom. The van der Waals surface area contributed by atoms with Crippen LogP contribution in [0.2, 0.25) is 0 Å². The molecule has 7 heteroatoms. The van der Waals surface area contributed by atoms with Gasteiger partial charge in [-0.1, -0.05) is 40.0 Å². The van der Waals surface area contributed by atoms with Crippen LogP contribution in [0.25, 0.3) is 11.0 Å². The van der Waals surface area contributed by atoms with Gasteiger partial charge in [-0.25, -0.2) is 9.59 Å². The van der Waals surface area contributed by atoms with E-state index in [1.807, 2.05) is 13.0 Å². The van der Waals surface area contributed by atoms with Crippen LogP contribution in [0.15, 0.2) is 27.4 Å². The Kier molecular flexibility index (Phi) is 8.45. The van der Waals surface area contributed by atoms with E-state index < -0.39 is 17.9 Å². The Morgan fingerprint density at radius 1 is 1.20 bits per heavy atom. The number of fused-ring (bicyclic) bond motifs is 1. The molecule has 0 saturated carbocycles. The van der Waals surface area contributed by atoms with E-state index in [0.29, 0.717) is 23.3 Å². The van der Waals surface area contributed by atoms with E-state index in [4.69, 9.17) is 14.3 Å². The summed E-state index contributed by atoms with van der Waals surface area (Å²) in [6, 6.07) is 4.12. The number of carbonyl (C=O) groups excluding carboxylic acids is 1. The van der Waals surface area contributed by atoms with Crippen LogP contribution in [0.4, 0.5) is 0 Å². The number of ether oxygens (including phenoxy) is 1. The smallest absolute Gasteiger partial charge is 0.339 e. The molecule has 0 aliphatic rings. The van der Waals surface area contributed by atoms with Gasteiger partial charge >= 0.3 is 11.6 Å². The van der Waals surface area contributed by atoms with Gasteiger partial charge in [0.2, 0.25) is 0 Å². The highest BCUT2D eigenvalue weighted by molar-refractivity contribution is 5.85. The van der Waals surface area contributed by atoms with Crippen molar-refractivity contribution in [2.75, 3.05) is 6.61 Å². The zero-order valence-corrected chi connectivity index (χ0v) is 18.1. The second-order valence-electron chi connectivity index (χ2n) is 7.88. The van der Waals surface area contributed by atoms with Gasteiger partial charge in [-0.15, -0.1) is 0 Å². The standard InChI is InChI=1S/C23H31NO6/c1-5-6-7-8-9-18-15(4)17-11-10-16(12-19(17)30-23(18)28)29-13-20(25)24-21(14(2)3)22(26)27/h10-12,14,21H,5-9,13H2,1-4H3,(H,24,25)(H,26,27)/t21-/m1/s1. The van der Waals surface area contributed by atoms with Crippen molar-refractivity contribution in [3.63, 3.8) is 0 Å². The monoisotopic (exact) mass is 417 g/mol. The number of nitrogens with one attached hydrogen (secondary N) is 1. The molecule has 0 unspecified atom stereocenters. The summed E-state index contributed by atoms with van der Waals surface area (Å²) in [5, 5.41) is 12.4. The number of unbranched alkanes of at least 4 members (excludes halogenated alkanes) is 3. The lowest BCUT2D eigenvalue weighted by Crippen LogP contribution is -2.46. The van der Waals surface area contributed by atoms with Crippen molar-refractivity contribution in [3.05, 3.63) is 39.7 Å². The largest absolute Gasteiger partial charge is 0.484 e. The van der Waals surface area contributed by atoms with Gasteiger partial charge < -0.3 is 19.6 Å². The summed E-state index contributed by atoms with van der Waals surface area (Å²) in [6.45, 7) is 7.16. The van der Waals surface area contributed by atoms with Crippen molar-refractivity contribution in [2.45, 2.75) is 65.8 Å². The number of carboxylic acid groups (broad SMARTS) is 1. The van der Waals surface area contributed by atoms with Crippen LogP contribution in [0, 0.1) is 12.8 Å². The average Bonchev–Trinajstić information content (AvgIpc) is 2.69. The second kappa shape index (κ2) is 10.8. The van der Waals surface area contributed by atoms with E-state index in [1.54, 1.807) is 26.0 Å². The van der Waals surface area contributed by atoms with Crippen molar-refractivity contribution in [1.29, 1.82) is 0 Å². The van der Waals surface area contributed by atoms with Gasteiger partial charge in [0.1, 0.15) is 17.4 Å². The molecule has 1 atom stereocenters. The molecule has 2 aromatic rings. The number of amides is 1. The fraction of sp³-hybridized carbons (Fsp3) is 0.522. The first kappa shape index (κ1) is 23.4. The zero-order valence-electron chi connectivity index (χ0n) is 18.1. The highest BCUT2D eigenvalue weighted by Gasteiger charge is 2.23. The topological polar surface area (TPSA) is 106 Å². The van der Waals surface area contributed by atoms with E-state index in [2.05, 4.69) is 12.2 Å².